The molecule has 2 aromatic rings. The molecule has 2 nitrogen and oxygen atoms in total. The first kappa shape index (κ1) is 15.8. The maximum Gasteiger partial charge on any atom is 0.0691 e. The van der Waals surface area contributed by atoms with E-state index in [1.54, 1.807) is 0 Å². The molecule has 22 heavy (non-hydrogen) atoms. The second-order valence-electron chi connectivity index (χ2n) is 5.96. The van der Waals surface area contributed by atoms with Gasteiger partial charge in [0.15, 0.2) is 0 Å². The van der Waals surface area contributed by atoms with Crippen LogP contribution < -0.4 is 4.90 Å². The van der Waals surface area contributed by atoms with Gasteiger partial charge in [0.25, 0.3) is 0 Å². The molecule has 1 heterocycles. The van der Waals surface area contributed by atoms with Crippen molar-refractivity contribution in [2.75, 3.05) is 32.1 Å². The maximum absolute atomic E-state index is 4.80. The van der Waals surface area contributed by atoms with Gasteiger partial charge in [-0.25, -0.2) is 0 Å². The van der Waals surface area contributed by atoms with Crippen molar-refractivity contribution in [2.24, 2.45) is 0 Å². The van der Waals surface area contributed by atoms with E-state index in [-0.39, 0.29) is 0 Å². The molecule has 116 valence electrons. The molecule has 0 N–H and O–H groups in total. The van der Waals surface area contributed by atoms with Gasteiger partial charge in [0.1, 0.15) is 0 Å². The van der Waals surface area contributed by atoms with E-state index < -0.39 is 0 Å². The van der Waals surface area contributed by atoms with Crippen LogP contribution >= 0.6 is 24.4 Å². The Kier molecular flexibility index (Phi) is 4.71. The van der Waals surface area contributed by atoms with Gasteiger partial charge in [-0.2, -0.15) is 0 Å². The second-order valence-corrected chi connectivity index (χ2v) is 7.49. The van der Waals surface area contributed by atoms with Crippen molar-refractivity contribution < 1.29 is 0 Å². The summed E-state index contributed by atoms with van der Waals surface area (Å²) >= 11 is 6.65. The predicted octanol–water partition coefficient (Wildman–Crippen LogP) is 4.84. The summed E-state index contributed by atoms with van der Waals surface area (Å²) in [7, 11) is 4.25. The third-order valence-electron chi connectivity index (χ3n) is 3.95. The lowest BCUT2D eigenvalue weighted by Crippen LogP contribution is -2.25. The average molecular weight is 331 g/mol. The molecule has 0 amide bonds. The Morgan fingerprint density at radius 3 is 2.64 bits per heavy atom. The van der Waals surface area contributed by atoms with Crippen LogP contribution in [0.2, 0.25) is 0 Å². The van der Waals surface area contributed by atoms with Crippen molar-refractivity contribution >= 4 is 35.8 Å². The third kappa shape index (κ3) is 3.00. The monoisotopic (exact) mass is 330 g/mol. The van der Waals surface area contributed by atoms with Crippen molar-refractivity contribution in [3.63, 3.8) is 0 Å². The highest BCUT2D eigenvalue weighted by molar-refractivity contribution is 7.99. The van der Waals surface area contributed by atoms with Crippen molar-refractivity contribution in [3.8, 4) is 0 Å². The number of rotatable bonds is 4. The summed E-state index contributed by atoms with van der Waals surface area (Å²) in [6, 6.07) is 13.1. The SMILES string of the molecule is Cc1ccc2c(c1S)N(CCCN(C)C)c1ccccc1S2. The quantitative estimate of drug-likeness (QED) is 0.802. The summed E-state index contributed by atoms with van der Waals surface area (Å²) in [4.78, 5) is 8.42. The Morgan fingerprint density at radius 1 is 1.09 bits per heavy atom. The normalized spacial score (nSPS) is 13.2. The van der Waals surface area contributed by atoms with Crippen molar-refractivity contribution in [3.05, 3.63) is 42.0 Å². The van der Waals surface area contributed by atoms with Crippen molar-refractivity contribution in [1.29, 1.82) is 0 Å². The maximum atomic E-state index is 4.80. The molecule has 0 saturated heterocycles. The van der Waals surface area contributed by atoms with Crippen LogP contribution in [0.5, 0.6) is 0 Å². The third-order valence-corrected chi connectivity index (χ3v) is 5.63. The van der Waals surface area contributed by atoms with Gasteiger partial charge in [-0.3, -0.25) is 0 Å². The first-order valence-corrected chi connectivity index (χ1v) is 8.86. The van der Waals surface area contributed by atoms with Crippen LogP contribution in [0.3, 0.4) is 0 Å². The van der Waals surface area contributed by atoms with Crippen LogP contribution in [0, 0.1) is 6.92 Å². The lowest BCUT2D eigenvalue weighted by molar-refractivity contribution is 0.402. The van der Waals surface area contributed by atoms with Crippen molar-refractivity contribution in [2.45, 2.75) is 28.0 Å². The molecule has 0 aromatic heterocycles. The second kappa shape index (κ2) is 6.57. The predicted molar refractivity (Wildman–Crippen MR) is 99.2 cm³/mol. The summed E-state index contributed by atoms with van der Waals surface area (Å²) in [6.07, 6.45) is 1.13. The Labute approximate surface area is 142 Å². The van der Waals surface area contributed by atoms with Crippen molar-refractivity contribution in [1.82, 2.24) is 4.90 Å². The van der Waals surface area contributed by atoms with Gasteiger partial charge in [-0.15, -0.1) is 12.6 Å². The number of hydrogen-bond donors (Lipinski definition) is 1. The molecule has 0 atom stereocenters. The minimum atomic E-state index is 1.01. The van der Waals surface area contributed by atoms with Crippen LogP contribution in [-0.4, -0.2) is 32.1 Å². The van der Waals surface area contributed by atoms with E-state index in [2.05, 4.69) is 67.2 Å². The highest BCUT2D eigenvalue weighted by Crippen LogP contribution is 2.50. The molecule has 4 heteroatoms. The van der Waals surface area contributed by atoms with E-state index in [1.165, 1.54) is 26.7 Å². The van der Waals surface area contributed by atoms with Crippen LogP contribution in [0.1, 0.15) is 12.0 Å². The molecule has 0 unspecified atom stereocenters. The van der Waals surface area contributed by atoms with Crippen LogP contribution in [0.25, 0.3) is 0 Å². The molecule has 0 aliphatic carbocycles. The molecule has 0 spiro atoms. The van der Waals surface area contributed by atoms with E-state index in [9.17, 15) is 0 Å². The summed E-state index contributed by atoms with van der Waals surface area (Å²) in [5.74, 6) is 0. The van der Waals surface area contributed by atoms with Gasteiger partial charge in [-0.05, 0) is 57.7 Å². The molecule has 3 rings (SSSR count). The number of aryl methyl sites for hydroxylation is 1. The molecule has 1 aliphatic rings. The van der Waals surface area contributed by atoms with Crippen LogP contribution in [-0.2, 0) is 0 Å². The number of benzene rings is 2. The standard InChI is InChI=1S/C18H22N2S2/c1-13-9-10-16-17(18(13)21)20(12-6-11-19(2)3)14-7-4-5-8-15(14)22-16/h4-5,7-10,21H,6,11-12H2,1-3H3. The lowest BCUT2D eigenvalue weighted by Gasteiger charge is -2.34. The van der Waals surface area contributed by atoms with Crippen LogP contribution in [0.4, 0.5) is 11.4 Å². The zero-order chi connectivity index (χ0) is 15.7. The zero-order valence-corrected chi connectivity index (χ0v) is 15.0. The first-order chi connectivity index (χ1) is 10.6. The highest BCUT2D eigenvalue weighted by atomic mass is 32.2. The highest BCUT2D eigenvalue weighted by Gasteiger charge is 2.25. The molecule has 1 aliphatic heterocycles. The lowest BCUT2D eigenvalue weighted by atomic mass is 10.1. The van der Waals surface area contributed by atoms with Crippen LogP contribution in [0.15, 0.2) is 51.1 Å². The summed E-state index contributed by atoms with van der Waals surface area (Å²) in [5, 5.41) is 0. The largest absolute Gasteiger partial charge is 0.339 e. The smallest absolute Gasteiger partial charge is 0.0691 e. The summed E-state index contributed by atoms with van der Waals surface area (Å²) in [5.41, 5.74) is 3.81. The minimum absolute atomic E-state index is 1.01. The number of anilines is 2. The van der Waals surface area contributed by atoms with E-state index in [1.807, 2.05) is 11.8 Å². The fourth-order valence-corrected chi connectivity index (χ4v) is 4.29. The summed E-state index contributed by atoms with van der Waals surface area (Å²) < 4.78 is 0. The molecule has 0 fully saturated rings. The molecular weight excluding hydrogens is 308 g/mol. The fourth-order valence-electron chi connectivity index (χ4n) is 2.79. The van der Waals surface area contributed by atoms with E-state index in [4.69, 9.17) is 12.6 Å². The molecule has 0 radical (unpaired) electrons. The topological polar surface area (TPSA) is 6.48 Å². The number of para-hydroxylation sites is 1. The zero-order valence-electron chi connectivity index (χ0n) is 13.3. The van der Waals surface area contributed by atoms with E-state index >= 15 is 0 Å². The Balaban J connectivity index is 2.01. The Hall–Kier alpha value is -1.10. The van der Waals surface area contributed by atoms with Gasteiger partial charge in [0.05, 0.1) is 11.4 Å². The van der Waals surface area contributed by atoms with Gasteiger partial charge >= 0.3 is 0 Å². The number of nitrogens with zero attached hydrogens (tertiary/aromatic N) is 2. The molecule has 0 bridgehead atoms. The average Bonchev–Trinajstić information content (AvgIpc) is 2.50. The Morgan fingerprint density at radius 2 is 1.86 bits per heavy atom. The molecule has 2 aromatic carbocycles. The summed E-state index contributed by atoms with van der Waals surface area (Å²) in [6.45, 7) is 4.24. The number of fused-ring (bicyclic) bond motifs is 2. The molecule has 0 saturated carbocycles. The minimum Gasteiger partial charge on any atom is -0.339 e. The van der Waals surface area contributed by atoms with E-state index in [0.717, 1.165) is 24.4 Å². The van der Waals surface area contributed by atoms with Gasteiger partial charge < -0.3 is 9.80 Å². The van der Waals surface area contributed by atoms with Gasteiger partial charge in [0, 0.05) is 21.2 Å². The first-order valence-electron chi connectivity index (χ1n) is 7.59. The van der Waals surface area contributed by atoms with Gasteiger partial charge in [-0.1, -0.05) is 30.0 Å². The number of hydrogen-bond acceptors (Lipinski definition) is 4. The Bertz CT molecular complexity index is 683. The fraction of sp³-hybridized carbons (Fsp3) is 0.333. The van der Waals surface area contributed by atoms with E-state index in [0.29, 0.717) is 0 Å². The van der Waals surface area contributed by atoms with Gasteiger partial charge in [0.2, 0.25) is 0 Å². The molecular formula is C18H22N2S2. The number of thiol groups is 1.